The van der Waals surface area contributed by atoms with Gasteiger partial charge in [-0.2, -0.15) is 0 Å². The summed E-state index contributed by atoms with van der Waals surface area (Å²) in [6.07, 6.45) is 6.47. The van der Waals surface area contributed by atoms with Crippen molar-refractivity contribution >= 4 is 21.6 Å². The number of hydrogen-bond donors (Lipinski definition) is 2. The molecule has 0 spiro atoms. The summed E-state index contributed by atoms with van der Waals surface area (Å²) >= 11 is 3.44. The summed E-state index contributed by atoms with van der Waals surface area (Å²) in [6, 6.07) is 1.95. The molecule has 0 aliphatic heterocycles. The molecule has 15 heavy (non-hydrogen) atoms. The maximum atomic E-state index is 9.40. The number of aromatic nitrogens is 1. The van der Waals surface area contributed by atoms with Crippen molar-refractivity contribution < 1.29 is 5.11 Å². The molecule has 4 heteroatoms. The van der Waals surface area contributed by atoms with Crippen LogP contribution in [0.3, 0.4) is 0 Å². The monoisotopic (exact) mass is 270 g/mol. The molecule has 82 valence electrons. The second kappa shape index (κ2) is 4.94. The largest absolute Gasteiger partial charge is 0.393 e. The Bertz CT molecular complexity index is 332. The average Bonchev–Trinajstić information content (AvgIpc) is 2.63. The second-order valence-corrected chi connectivity index (χ2v) is 4.92. The molecule has 1 fully saturated rings. The minimum atomic E-state index is -0.0855. The third-order valence-corrected chi connectivity index (χ3v) is 3.50. The predicted molar refractivity (Wildman–Crippen MR) is 63.8 cm³/mol. The Morgan fingerprint density at radius 1 is 1.53 bits per heavy atom. The Morgan fingerprint density at radius 2 is 2.40 bits per heavy atom. The van der Waals surface area contributed by atoms with Crippen molar-refractivity contribution in [3.8, 4) is 0 Å². The molecular weight excluding hydrogens is 256 g/mol. The van der Waals surface area contributed by atoms with Crippen molar-refractivity contribution in [2.24, 2.45) is 5.92 Å². The van der Waals surface area contributed by atoms with Gasteiger partial charge in [0.2, 0.25) is 0 Å². The molecule has 0 bridgehead atoms. The van der Waals surface area contributed by atoms with E-state index < -0.39 is 0 Å². The standard InChI is InChI=1S/C11H15BrN2O/c12-10-7-13-4-3-11(10)14-6-8-1-2-9(15)5-8/h3-4,7-9,15H,1-2,5-6H2,(H,13,14). The number of nitrogens with one attached hydrogen (secondary N) is 1. The molecule has 1 heterocycles. The Balaban J connectivity index is 1.86. The number of nitrogens with zero attached hydrogens (tertiary/aromatic N) is 1. The minimum Gasteiger partial charge on any atom is -0.393 e. The quantitative estimate of drug-likeness (QED) is 0.887. The van der Waals surface area contributed by atoms with Crippen molar-refractivity contribution in [1.82, 2.24) is 4.98 Å². The zero-order valence-electron chi connectivity index (χ0n) is 8.49. The maximum Gasteiger partial charge on any atom is 0.0590 e. The molecule has 1 aliphatic carbocycles. The van der Waals surface area contributed by atoms with E-state index in [0.717, 1.165) is 36.0 Å². The summed E-state index contributed by atoms with van der Waals surface area (Å²) in [6.45, 7) is 0.930. The molecule has 1 aromatic heterocycles. The summed E-state index contributed by atoms with van der Waals surface area (Å²) in [7, 11) is 0. The maximum absolute atomic E-state index is 9.40. The molecule has 1 saturated carbocycles. The summed E-state index contributed by atoms with van der Waals surface area (Å²) in [5.74, 6) is 0.597. The normalized spacial score (nSPS) is 25.5. The molecule has 1 aliphatic rings. The van der Waals surface area contributed by atoms with Gasteiger partial charge in [0.1, 0.15) is 0 Å². The number of hydrogen-bond acceptors (Lipinski definition) is 3. The fourth-order valence-corrected chi connectivity index (χ4v) is 2.40. The van der Waals surface area contributed by atoms with Crippen LogP contribution in [0.15, 0.2) is 22.9 Å². The van der Waals surface area contributed by atoms with Crippen molar-refractivity contribution in [1.29, 1.82) is 0 Å². The van der Waals surface area contributed by atoms with Crippen molar-refractivity contribution in [2.75, 3.05) is 11.9 Å². The molecule has 0 saturated heterocycles. The molecule has 0 amide bonds. The number of rotatable bonds is 3. The van der Waals surface area contributed by atoms with E-state index in [4.69, 9.17) is 0 Å². The number of aliphatic hydroxyl groups excluding tert-OH is 1. The first-order valence-corrected chi connectivity index (χ1v) is 6.06. The highest BCUT2D eigenvalue weighted by Gasteiger charge is 2.22. The van der Waals surface area contributed by atoms with Crippen LogP contribution in [0.25, 0.3) is 0 Å². The topological polar surface area (TPSA) is 45.1 Å². The van der Waals surface area contributed by atoms with Crippen molar-refractivity contribution in [2.45, 2.75) is 25.4 Å². The summed E-state index contributed by atoms with van der Waals surface area (Å²) in [5, 5.41) is 12.8. The van der Waals surface area contributed by atoms with E-state index in [1.54, 1.807) is 12.4 Å². The van der Waals surface area contributed by atoms with Crippen LogP contribution in [0, 0.1) is 5.92 Å². The lowest BCUT2D eigenvalue weighted by Crippen LogP contribution is -2.12. The van der Waals surface area contributed by atoms with E-state index in [9.17, 15) is 5.11 Å². The highest BCUT2D eigenvalue weighted by molar-refractivity contribution is 9.10. The van der Waals surface area contributed by atoms with Crippen molar-refractivity contribution in [3.05, 3.63) is 22.9 Å². The Hall–Kier alpha value is -0.610. The van der Waals surface area contributed by atoms with Crippen LogP contribution in [-0.4, -0.2) is 22.7 Å². The third-order valence-electron chi connectivity index (χ3n) is 2.87. The molecule has 2 unspecified atom stereocenters. The van der Waals surface area contributed by atoms with E-state index in [2.05, 4.69) is 26.2 Å². The predicted octanol–water partition coefficient (Wildman–Crippen LogP) is 2.42. The highest BCUT2D eigenvalue weighted by Crippen LogP contribution is 2.27. The first-order chi connectivity index (χ1) is 7.25. The molecular formula is C11H15BrN2O. The number of anilines is 1. The van der Waals surface area contributed by atoms with Gasteiger partial charge in [0.05, 0.1) is 16.3 Å². The van der Waals surface area contributed by atoms with Crippen LogP contribution in [0.4, 0.5) is 5.69 Å². The molecule has 0 radical (unpaired) electrons. The Morgan fingerprint density at radius 3 is 3.07 bits per heavy atom. The lowest BCUT2D eigenvalue weighted by molar-refractivity contribution is 0.178. The molecule has 2 atom stereocenters. The van der Waals surface area contributed by atoms with Crippen molar-refractivity contribution in [3.63, 3.8) is 0 Å². The van der Waals surface area contributed by atoms with E-state index in [1.807, 2.05) is 6.07 Å². The molecule has 1 aromatic rings. The molecule has 3 nitrogen and oxygen atoms in total. The smallest absolute Gasteiger partial charge is 0.0590 e. The summed E-state index contributed by atoms with van der Waals surface area (Å²) < 4.78 is 0.989. The van der Waals surface area contributed by atoms with E-state index in [-0.39, 0.29) is 6.10 Å². The fraction of sp³-hybridized carbons (Fsp3) is 0.545. The highest BCUT2D eigenvalue weighted by atomic mass is 79.9. The molecule has 2 N–H and O–H groups in total. The summed E-state index contributed by atoms with van der Waals surface area (Å²) in [5.41, 5.74) is 1.08. The van der Waals surface area contributed by atoms with Crippen LogP contribution in [0.2, 0.25) is 0 Å². The van der Waals surface area contributed by atoms with E-state index >= 15 is 0 Å². The first-order valence-electron chi connectivity index (χ1n) is 5.27. The zero-order chi connectivity index (χ0) is 10.7. The number of halogens is 1. The lowest BCUT2D eigenvalue weighted by atomic mass is 10.1. The molecule has 0 aromatic carbocycles. The van der Waals surface area contributed by atoms with Gasteiger partial charge in [-0.25, -0.2) is 0 Å². The van der Waals surface area contributed by atoms with Crippen LogP contribution < -0.4 is 5.32 Å². The van der Waals surface area contributed by atoms with Gasteiger partial charge in [0, 0.05) is 18.9 Å². The SMILES string of the molecule is OC1CCC(CNc2ccncc2Br)C1. The first kappa shape index (κ1) is 10.9. The van der Waals surface area contributed by atoms with Crippen LogP contribution >= 0.6 is 15.9 Å². The summed E-state index contributed by atoms with van der Waals surface area (Å²) in [4.78, 5) is 4.01. The van der Waals surface area contributed by atoms with Gasteiger partial charge in [-0.15, -0.1) is 0 Å². The van der Waals surface area contributed by atoms with E-state index in [0.29, 0.717) is 5.92 Å². The van der Waals surface area contributed by atoms with Crippen LogP contribution in [-0.2, 0) is 0 Å². The van der Waals surface area contributed by atoms with Gasteiger partial charge in [-0.3, -0.25) is 4.98 Å². The van der Waals surface area contributed by atoms with Gasteiger partial charge in [0.15, 0.2) is 0 Å². The van der Waals surface area contributed by atoms with Gasteiger partial charge >= 0.3 is 0 Å². The van der Waals surface area contributed by atoms with E-state index in [1.165, 1.54) is 0 Å². The lowest BCUT2D eigenvalue weighted by Gasteiger charge is -2.12. The van der Waals surface area contributed by atoms with Gasteiger partial charge < -0.3 is 10.4 Å². The minimum absolute atomic E-state index is 0.0855. The Kier molecular flexibility index (Phi) is 3.59. The number of aliphatic hydroxyl groups is 1. The van der Waals surface area contributed by atoms with Crippen LogP contribution in [0.5, 0.6) is 0 Å². The van der Waals surface area contributed by atoms with Gasteiger partial charge in [-0.1, -0.05) is 0 Å². The van der Waals surface area contributed by atoms with Gasteiger partial charge in [0.25, 0.3) is 0 Å². The molecule has 2 rings (SSSR count). The third kappa shape index (κ3) is 2.92. The Labute approximate surface area is 98.0 Å². The number of pyridine rings is 1. The second-order valence-electron chi connectivity index (χ2n) is 4.07. The van der Waals surface area contributed by atoms with Gasteiger partial charge in [-0.05, 0) is 47.2 Å². The fourth-order valence-electron chi connectivity index (χ4n) is 2.01. The van der Waals surface area contributed by atoms with Crippen LogP contribution in [0.1, 0.15) is 19.3 Å². The average molecular weight is 271 g/mol. The zero-order valence-corrected chi connectivity index (χ0v) is 10.1.